The van der Waals surface area contributed by atoms with E-state index >= 15 is 0 Å². The first-order valence-electron chi connectivity index (χ1n) is 7.80. The Morgan fingerprint density at radius 1 is 1.40 bits per heavy atom. The van der Waals surface area contributed by atoms with Crippen molar-refractivity contribution >= 4 is 17.4 Å². The molecule has 0 bridgehead atoms. The van der Waals surface area contributed by atoms with Crippen LogP contribution in [0.3, 0.4) is 0 Å². The molecular formula is C16H20FN5O3. The number of halogens is 1. The largest absolute Gasteiger partial charge is 0.353 e. The summed E-state index contributed by atoms with van der Waals surface area (Å²) in [6.45, 7) is 3.58. The predicted octanol–water partition coefficient (Wildman–Crippen LogP) is 2.28. The fourth-order valence-electron chi connectivity index (χ4n) is 2.46. The van der Waals surface area contributed by atoms with Gasteiger partial charge in [-0.2, -0.15) is 5.10 Å². The fraction of sp³-hybridized carbons (Fsp3) is 0.375. The lowest BCUT2D eigenvalue weighted by Crippen LogP contribution is -2.39. The number of aryl methyl sites for hydroxylation is 2. The minimum Gasteiger partial charge on any atom is -0.353 e. The van der Waals surface area contributed by atoms with E-state index in [9.17, 15) is 19.3 Å². The average molecular weight is 349 g/mol. The van der Waals surface area contributed by atoms with Crippen LogP contribution in [-0.4, -0.2) is 26.7 Å². The third-order valence-corrected chi connectivity index (χ3v) is 3.79. The van der Waals surface area contributed by atoms with Gasteiger partial charge in [0.25, 0.3) is 0 Å². The average Bonchev–Trinajstić information content (AvgIpc) is 2.85. The lowest BCUT2D eigenvalue weighted by atomic mass is 10.2. The second kappa shape index (κ2) is 7.73. The molecular weight excluding hydrogens is 329 g/mol. The molecule has 8 nitrogen and oxygen atoms in total. The Kier molecular flexibility index (Phi) is 5.68. The van der Waals surface area contributed by atoms with Crippen LogP contribution >= 0.6 is 0 Å². The molecule has 0 unspecified atom stereocenters. The minimum absolute atomic E-state index is 0.146. The molecule has 1 heterocycles. The molecule has 2 rings (SSSR count). The molecule has 0 spiro atoms. The van der Waals surface area contributed by atoms with Gasteiger partial charge in [-0.25, -0.2) is 9.07 Å². The molecule has 0 aliphatic rings. The van der Waals surface area contributed by atoms with E-state index in [-0.39, 0.29) is 35.5 Å². The normalized spacial score (nSPS) is 11.8. The van der Waals surface area contributed by atoms with Gasteiger partial charge in [0.05, 0.1) is 4.92 Å². The molecule has 25 heavy (non-hydrogen) atoms. The van der Waals surface area contributed by atoms with E-state index in [4.69, 9.17) is 0 Å². The van der Waals surface area contributed by atoms with Crippen LogP contribution in [0.5, 0.6) is 0 Å². The summed E-state index contributed by atoms with van der Waals surface area (Å²) in [4.78, 5) is 23.1. The highest BCUT2D eigenvalue weighted by molar-refractivity contribution is 5.85. The first-order chi connectivity index (χ1) is 11.8. The molecule has 0 radical (unpaired) electrons. The lowest BCUT2D eigenvalue weighted by Gasteiger charge is -2.17. The third-order valence-electron chi connectivity index (χ3n) is 3.79. The first-order valence-corrected chi connectivity index (χ1v) is 7.80. The first kappa shape index (κ1) is 18.4. The SMILES string of the molecule is CC[C@H](Nc1c([N+](=O)[O-])c(C)nn1C)C(=O)NCc1ccc(F)cc1. The molecule has 2 aromatic rings. The number of benzene rings is 1. The van der Waals surface area contributed by atoms with Gasteiger partial charge in [-0.1, -0.05) is 19.1 Å². The maximum absolute atomic E-state index is 12.9. The minimum atomic E-state index is -0.658. The van der Waals surface area contributed by atoms with Crippen molar-refractivity contribution in [2.24, 2.45) is 7.05 Å². The highest BCUT2D eigenvalue weighted by Crippen LogP contribution is 2.28. The maximum atomic E-state index is 12.9. The zero-order valence-corrected chi connectivity index (χ0v) is 14.2. The Balaban J connectivity index is 2.08. The van der Waals surface area contributed by atoms with Crippen LogP contribution in [0.2, 0.25) is 0 Å². The molecule has 9 heteroatoms. The Bertz CT molecular complexity index is 773. The van der Waals surface area contributed by atoms with Crippen molar-refractivity contribution < 1.29 is 14.1 Å². The van der Waals surface area contributed by atoms with Crippen molar-refractivity contribution in [1.82, 2.24) is 15.1 Å². The number of carbonyl (C=O) groups is 1. The summed E-state index contributed by atoms with van der Waals surface area (Å²) >= 11 is 0. The molecule has 0 saturated heterocycles. The number of hydrogen-bond acceptors (Lipinski definition) is 5. The maximum Gasteiger partial charge on any atom is 0.333 e. The molecule has 1 aromatic carbocycles. The van der Waals surface area contributed by atoms with Gasteiger partial charge in [0, 0.05) is 13.6 Å². The van der Waals surface area contributed by atoms with Gasteiger partial charge in [0.1, 0.15) is 17.6 Å². The predicted molar refractivity (Wildman–Crippen MR) is 90.5 cm³/mol. The van der Waals surface area contributed by atoms with E-state index in [0.717, 1.165) is 5.56 Å². The zero-order valence-electron chi connectivity index (χ0n) is 14.2. The van der Waals surface area contributed by atoms with Crippen molar-refractivity contribution in [3.8, 4) is 0 Å². The van der Waals surface area contributed by atoms with Crippen molar-refractivity contribution in [3.05, 3.63) is 51.5 Å². The molecule has 2 N–H and O–H groups in total. The summed E-state index contributed by atoms with van der Waals surface area (Å²) < 4.78 is 14.2. The van der Waals surface area contributed by atoms with E-state index in [2.05, 4.69) is 15.7 Å². The van der Waals surface area contributed by atoms with Crippen LogP contribution in [0.1, 0.15) is 24.6 Å². The number of carbonyl (C=O) groups excluding carboxylic acids is 1. The van der Waals surface area contributed by atoms with Crippen LogP contribution in [0.15, 0.2) is 24.3 Å². The molecule has 1 aromatic heterocycles. The quantitative estimate of drug-likeness (QED) is 0.590. The van der Waals surface area contributed by atoms with Crippen molar-refractivity contribution in [2.75, 3.05) is 5.32 Å². The highest BCUT2D eigenvalue weighted by Gasteiger charge is 2.27. The van der Waals surface area contributed by atoms with Crippen LogP contribution < -0.4 is 10.6 Å². The standard InChI is InChI=1S/C16H20FN5O3/c1-4-13(16(23)18-9-11-5-7-12(17)8-6-11)19-15-14(22(24)25)10(2)20-21(15)3/h5-8,13,19H,4,9H2,1-3H3,(H,18,23)/t13-/m0/s1. The Hall–Kier alpha value is -2.97. The van der Waals surface area contributed by atoms with Crippen LogP contribution in [0.4, 0.5) is 15.9 Å². The molecule has 0 saturated carbocycles. The van der Waals surface area contributed by atoms with Gasteiger partial charge < -0.3 is 10.6 Å². The second-order valence-electron chi connectivity index (χ2n) is 5.61. The van der Waals surface area contributed by atoms with Gasteiger partial charge in [0.15, 0.2) is 0 Å². The topological polar surface area (TPSA) is 102 Å². The monoisotopic (exact) mass is 349 g/mol. The van der Waals surface area contributed by atoms with Crippen molar-refractivity contribution in [1.29, 1.82) is 0 Å². The van der Waals surface area contributed by atoms with E-state index in [0.29, 0.717) is 6.42 Å². The van der Waals surface area contributed by atoms with Crippen molar-refractivity contribution in [2.45, 2.75) is 32.9 Å². The van der Waals surface area contributed by atoms with Gasteiger partial charge in [-0.05, 0) is 31.0 Å². The van der Waals surface area contributed by atoms with Crippen LogP contribution in [0, 0.1) is 22.9 Å². The van der Waals surface area contributed by atoms with Gasteiger partial charge in [-0.15, -0.1) is 0 Å². The Morgan fingerprint density at radius 2 is 2.04 bits per heavy atom. The highest BCUT2D eigenvalue weighted by atomic mass is 19.1. The van der Waals surface area contributed by atoms with E-state index in [1.165, 1.54) is 16.8 Å². The molecule has 0 fully saturated rings. The van der Waals surface area contributed by atoms with Crippen LogP contribution in [0.25, 0.3) is 0 Å². The Labute approximate surface area is 144 Å². The number of nitrogens with zero attached hydrogens (tertiary/aromatic N) is 3. The number of rotatable bonds is 7. The molecule has 0 aliphatic heterocycles. The van der Waals surface area contributed by atoms with Crippen molar-refractivity contribution in [3.63, 3.8) is 0 Å². The number of hydrogen-bond donors (Lipinski definition) is 2. The molecule has 1 atom stereocenters. The molecule has 1 amide bonds. The van der Waals surface area contributed by atoms with Crippen LogP contribution in [-0.2, 0) is 18.4 Å². The van der Waals surface area contributed by atoms with E-state index in [1.807, 2.05) is 0 Å². The summed E-state index contributed by atoms with van der Waals surface area (Å²) in [5, 5.41) is 20.9. The summed E-state index contributed by atoms with van der Waals surface area (Å²) in [5.74, 6) is -0.465. The summed E-state index contributed by atoms with van der Waals surface area (Å²) in [5.41, 5.74) is 0.885. The Morgan fingerprint density at radius 3 is 2.60 bits per heavy atom. The second-order valence-corrected chi connectivity index (χ2v) is 5.61. The lowest BCUT2D eigenvalue weighted by molar-refractivity contribution is -0.384. The van der Waals surface area contributed by atoms with E-state index < -0.39 is 11.0 Å². The third kappa shape index (κ3) is 4.31. The fourth-order valence-corrected chi connectivity index (χ4v) is 2.46. The number of amides is 1. The smallest absolute Gasteiger partial charge is 0.333 e. The number of nitro groups is 1. The summed E-state index contributed by atoms with van der Waals surface area (Å²) in [7, 11) is 1.57. The van der Waals surface area contributed by atoms with E-state index in [1.54, 1.807) is 33.0 Å². The number of anilines is 1. The van der Waals surface area contributed by atoms with Gasteiger partial charge in [0.2, 0.25) is 11.7 Å². The zero-order chi connectivity index (χ0) is 18.6. The summed E-state index contributed by atoms with van der Waals surface area (Å²) in [6.07, 6.45) is 0.427. The summed E-state index contributed by atoms with van der Waals surface area (Å²) in [6, 6.07) is 5.14. The van der Waals surface area contributed by atoms with Gasteiger partial charge in [-0.3, -0.25) is 14.9 Å². The number of aromatic nitrogens is 2. The van der Waals surface area contributed by atoms with Gasteiger partial charge >= 0.3 is 5.69 Å². The molecule has 134 valence electrons. The number of nitrogens with one attached hydrogen (secondary N) is 2. The molecule has 0 aliphatic carbocycles.